The number of anilines is 1. The predicted octanol–water partition coefficient (Wildman–Crippen LogP) is 1.64. The average Bonchev–Trinajstić information content (AvgIpc) is 2.37. The van der Waals surface area contributed by atoms with Gasteiger partial charge in [0, 0.05) is 23.8 Å². The SMILES string of the molecule is CN(C)C1(CNC(=O)CCOc2cccc(N)c2)CCC1. The van der Waals surface area contributed by atoms with Gasteiger partial charge in [-0.05, 0) is 45.5 Å². The van der Waals surface area contributed by atoms with Crippen molar-refractivity contribution in [3.05, 3.63) is 24.3 Å². The van der Waals surface area contributed by atoms with Gasteiger partial charge >= 0.3 is 0 Å². The molecule has 3 N–H and O–H groups in total. The van der Waals surface area contributed by atoms with Gasteiger partial charge in [0.25, 0.3) is 0 Å². The van der Waals surface area contributed by atoms with Gasteiger partial charge in [0.2, 0.25) is 5.91 Å². The molecular weight excluding hydrogens is 266 g/mol. The molecule has 1 aliphatic rings. The van der Waals surface area contributed by atoms with Gasteiger partial charge in [0.15, 0.2) is 0 Å². The second kappa shape index (κ2) is 6.80. The fourth-order valence-electron chi connectivity index (χ4n) is 2.58. The van der Waals surface area contributed by atoms with Crippen molar-refractivity contribution < 1.29 is 9.53 Å². The molecular formula is C16H25N3O2. The summed E-state index contributed by atoms with van der Waals surface area (Å²) in [5.74, 6) is 0.735. The summed E-state index contributed by atoms with van der Waals surface area (Å²) < 4.78 is 5.53. The predicted molar refractivity (Wildman–Crippen MR) is 84.2 cm³/mol. The molecule has 1 amide bonds. The lowest BCUT2D eigenvalue weighted by atomic mass is 9.75. The standard InChI is InChI=1S/C16H25N3O2/c1-19(2)16(8-4-9-16)12-18-15(20)7-10-21-14-6-3-5-13(17)11-14/h3,5-6,11H,4,7-10,12,17H2,1-2H3,(H,18,20). The molecule has 0 heterocycles. The van der Waals surface area contributed by atoms with Crippen LogP contribution < -0.4 is 15.8 Å². The molecule has 0 bridgehead atoms. The summed E-state index contributed by atoms with van der Waals surface area (Å²) in [7, 11) is 4.16. The van der Waals surface area contributed by atoms with E-state index in [4.69, 9.17) is 10.5 Å². The molecule has 0 radical (unpaired) electrons. The van der Waals surface area contributed by atoms with Crippen LogP contribution in [0.3, 0.4) is 0 Å². The normalized spacial score (nSPS) is 16.3. The van der Waals surface area contributed by atoms with Gasteiger partial charge in [-0.2, -0.15) is 0 Å². The maximum absolute atomic E-state index is 11.9. The minimum Gasteiger partial charge on any atom is -0.493 e. The Kier molecular flexibility index (Phi) is 5.07. The van der Waals surface area contributed by atoms with Gasteiger partial charge in [-0.3, -0.25) is 4.79 Å². The number of carbonyl (C=O) groups excluding carboxylic acids is 1. The molecule has 1 aromatic rings. The summed E-state index contributed by atoms with van der Waals surface area (Å²) in [5.41, 5.74) is 6.49. The van der Waals surface area contributed by atoms with Crippen LogP contribution in [0.5, 0.6) is 5.75 Å². The molecule has 1 aliphatic carbocycles. The minimum atomic E-state index is 0.0343. The van der Waals surface area contributed by atoms with E-state index in [2.05, 4.69) is 24.3 Å². The Morgan fingerprint density at radius 3 is 2.76 bits per heavy atom. The summed E-state index contributed by atoms with van der Waals surface area (Å²) >= 11 is 0. The fourth-order valence-corrected chi connectivity index (χ4v) is 2.58. The largest absolute Gasteiger partial charge is 0.493 e. The van der Waals surface area contributed by atoms with Gasteiger partial charge in [0.05, 0.1) is 13.0 Å². The van der Waals surface area contributed by atoms with Crippen molar-refractivity contribution in [2.75, 3.05) is 33.0 Å². The Morgan fingerprint density at radius 1 is 1.43 bits per heavy atom. The van der Waals surface area contributed by atoms with Crippen molar-refractivity contribution in [1.29, 1.82) is 0 Å². The van der Waals surface area contributed by atoms with Crippen molar-refractivity contribution in [3.63, 3.8) is 0 Å². The van der Waals surface area contributed by atoms with Gasteiger partial charge < -0.3 is 20.7 Å². The highest BCUT2D eigenvalue weighted by molar-refractivity contribution is 5.76. The highest BCUT2D eigenvalue weighted by Crippen LogP contribution is 2.35. The number of rotatable bonds is 7. The van der Waals surface area contributed by atoms with Crippen LogP contribution in [0.25, 0.3) is 0 Å². The van der Waals surface area contributed by atoms with Crippen LogP contribution >= 0.6 is 0 Å². The number of hydrogen-bond donors (Lipinski definition) is 2. The first-order valence-corrected chi connectivity index (χ1v) is 7.44. The fraction of sp³-hybridized carbons (Fsp3) is 0.562. The summed E-state index contributed by atoms with van der Waals surface area (Å²) in [5, 5.41) is 3.02. The maximum Gasteiger partial charge on any atom is 0.223 e. The lowest BCUT2D eigenvalue weighted by molar-refractivity contribution is -0.122. The molecule has 116 valence electrons. The van der Waals surface area contributed by atoms with Crippen LogP contribution in [0.1, 0.15) is 25.7 Å². The first-order valence-electron chi connectivity index (χ1n) is 7.44. The molecule has 5 nitrogen and oxygen atoms in total. The molecule has 0 atom stereocenters. The number of hydrogen-bond acceptors (Lipinski definition) is 4. The van der Waals surface area contributed by atoms with Crippen LogP contribution in [0.2, 0.25) is 0 Å². The van der Waals surface area contributed by atoms with Gasteiger partial charge in [-0.1, -0.05) is 6.07 Å². The van der Waals surface area contributed by atoms with Crippen molar-refractivity contribution in [1.82, 2.24) is 10.2 Å². The van der Waals surface area contributed by atoms with E-state index >= 15 is 0 Å². The first-order chi connectivity index (χ1) is 10.0. The van der Waals surface area contributed by atoms with E-state index in [1.807, 2.05) is 12.1 Å². The van der Waals surface area contributed by atoms with Crippen LogP contribution in [0.4, 0.5) is 5.69 Å². The summed E-state index contributed by atoms with van der Waals surface area (Å²) in [6.07, 6.45) is 3.91. The minimum absolute atomic E-state index is 0.0343. The van der Waals surface area contributed by atoms with Crippen molar-refractivity contribution in [2.45, 2.75) is 31.2 Å². The topological polar surface area (TPSA) is 67.6 Å². The summed E-state index contributed by atoms with van der Waals surface area (Å²) in [6.45, 7) is 1.08. The number of nitrogens with zero attached hydrogens (tertiary/aromatic N) is 1. The molecule has 0 aliphatic heterocycles. The molecule has 0 unspecified atom stereocenters. The Balaban J connectivity index is 1.68. The van der Waals surface area contributed by atoms with Crippen LogP contribution in [0, 0.1) is 0 Å². The zero-order valence-corrected chi connectivity index (χ0v) is 12.9. The maximum atomic E-state index is 11.9. The zero-order chi connectivity index (χ0) is 15.3. The van der Waals surface area contributed by atoms with E-state index in [-0.39, 0.29) is 11.4 Å². The number of amides is 1. The van der Waals surface area contributed by atoms with Crippen molar-refractivity contribution in [2.24, 2.45) is 0 Å². The number of nitrogens with two attached hydrogens (primary N) is 1. The highest BCUT2D eigenvalue weighted by Gasteiger charge is 2.38. The number of nitrogen functional groups attached to an aromatic ring is 1. The molecule has 0 spiro atoms. The van der Waals surface area contributed by atoms with E-state index in [1.54, 1.807) is 12.1 Å². The molecule has 0 saturated heterocycles. The van der Waals surface area contributed by atoms with Crippen LogP contribution in [0.15, 0.2) is 24.3 Å². The number of ether oxygens (including phenoxy) is 1. The molecule has 1 fully saturated rings. The van der Waals surface area contributed by atoms with Crippen molar-refractivity contribution >= 4 is 11.6 Å². The smallest absolute Gasteiger partial charge is 0.223 e. The number of likely N-dealkylation sites (N-methyl/N-ethyl adjacent to an activating group) is 1. The molecule has 1 aromatic carbocycles. The molecule has 0 aromatic heterocycles. The second-order valence-corrected chi connectivity index (χ2v) is 5.92. The van der Waals surface area contributed by atoms with E-state index in [0.29, 0.717) is 24.5 Å². The number of nitrogens with one attached hydrogen (secondary N) is 1. The van der Waals surface area contributed by atoms with Gasteiger partial charge in [-0.15, -0.1) is 0 Å². The Morgan fingerprint density at radius 2 is 2.19 bits per heavy atom. The van der Waals surface area contributed by atoms with Crippen LogP contribution in [-0.2, 0) is 4.79 Å². The summed E-state index contributed by atoms with van der Waals surface area (Å²) in [6, 6.07) is 7.23. The quantitative estimate of drug-likeness (QED) is 0.749. The van der Waals surface area contributed by atoms with E-state index in [1.165, 1.54) is 6.42 Å². The Bertz CT molecular complexity index is 484. The number of benzene rings is 1. The van der Waals surface area contributed by atoms with Gasteiger partial charge in [-0.25, -0.2) is 0 Å². The van der Waals surface area contributed by atoms with E-state index in [0.717, 1.165) is 19.4 Å². The Labute approximate surface area is 126 Å². The molecule has 2 rings (SSSR count). The third-order valence-corrected chi connectivity index (χ3v) is 4.30. The zero-order valence-electron chi connectivity index (χ0n) is 12.9. The van der Waals surface area contributed by atoms with Crippen molar-refractivity contribution in [3.8, 4) is 5.75 Å². The first kappa shape index (κ1) is 15.6. The third-order valence-electron chi connectivity index (χ3n) is 4.30. The highest BCUT2D eigenvalue weighted by atomic mass is 16.5. The lowest BCUT2D eigenvalue weighted by Gasteiger charge is -2.47. The van der Waals surface area contributed by atoms with E-state index in [9.17, 15) is 4.79 Å². The van der Waals surface area contributed by atoms with Crippen LogP contribution in [-0.4, -0.2) is 43.6 Å². The summed E-state index contributed by atoms with van der Waals surface area (Å²) in [4.78, 5) is 14.1. The lowest BCUT2D eigenvalue weighted by Crippen LogP contribution is -2.57. The van der Waals surface area contributed by atoms with E-state index < -0.39 is 0 Å². The monoisotopic (exact) mass is 291 g/mol. The average molecular weight is 291 g/mol. The molecule has 5 heteroatoms. The third kappa shape index (κ3) is 4.11. The Hall–Kier alpha value is -1.75. The van der Waals surface area contributed by atoms with Gasteiger partial charge in [0.1, 0.15) is 5.75 Å². The molecule has 1 saturated carbocycles. The second-order valence-electron chi connectivity index (χ2n) is 5.92. The number of carbonyl (C=O) groups is 1. The molecule has 21 heavy (non-hydrogen) atoms.